The fourth-order valence-electron chi connectivity index (χ4n) is 2.59. The van der Waals surface area contributed by atoms with Crippen LogP contribution in [0.1, 0.15) is 16.7 Å². The van der Waals surface area contributed by atoms with Crippen LogP contribution in [0.15, 0.2) is 90.3 Å². The van der Waals surface area contributed by atoms with Gasteiger partial charge in [-0.15, -0.1) is 0 Å². The Bertz CT molecular complexity index is 995. The Kier molecular flexibility index (Phi) is 4.72. The molecule has 0 aromatic heterocycles. The Morgan fingerprint density at radius 2 is 1.48 bits per heavy atom. The number of benzene rings is 3. The average molecular weight is 349 g/mol. The molecular formula is C21H19NO2S. The minimum absolute atomic E-state index is 0.229. The number of sulfonamides is 1. The highest BCUT2D eigenvalue weighted by Gasteiger charge is 2.17. The third kappa shape index (κ3) is 3.80. The van der Waals surface area contributed by atoms with Crippen LogP contribution >= 0.6 is 0 Å². The SMILES string of the molecule is C=C(c1ccccc1)c1cc(C)ccc1NS(=O)(=O)c1ccccc1. The summed E-state index contributed by atoms with van der Waals surface area (Å²) < 4.78 is 28.0. The van der Waals surface area contributed by atoms with Crippen molar-refractivity contribution in [3.8, 4) is 0 Å². The van der Waals surface area contributed by atoms with Crippen LogP contribution in [0.4, 0.5) is 5.69 Å². The van der Waals surface area contributed by atoms with Crippen LogP contribution < -0.4 is 4.72 Å². The summed E-state index contributed by atoms with van der Waals surface area (Å²) in [6.07, 6.45) is 0. The lowest BCUT2D eigenvalue weighted by atomic mass is 9.97. The lowest BCUT2D eigenvalue weighted by molar-refractivity contribution is 0.601. The Morgan fingerprint density at radius 3 is 2.12 bits per heavy atom. The van der Waals surface area contributed by atoms with Gasteiger partial charge in [0.2, 0.25) is 0 Å². The lowest BCUT2D eigenvalue weighted by Crippen LogP contribution is -2.14. The van der Waals surface area contributed by atoms with Crippen molar-refractivity contribution in [2.75, 3.05) is 4.72 Å². The van der Waals surface area contributed by atoms with E-state index in [1.165, 1.54) is 0 Å². The predicted octanol–water partition coefficient (Wildman–Crippen LogP) is 4.86. The van der Waals surface area contributed by atoms with Gasteiger partial charge in [0, 0.05) is 5.56 Å². The molecular weight excluding hydrogens is 330 g/mol. The topological polar surface area (TPSA) is 46.2 Å². The van der Waals surface area contributed by atoms with Gasteiger partial charge in [-0.2, -0.15) is 0 Å². The number of hydrogen-bond donors (Lipinski definition) is 1. The third-order valence-corrected chi connectivity index (χ3v) is 5.30. The second-order valence-corrected chi connectivity index (χ2v) is 7.49. The summed E-state index contributed by atoms with van der Waals surface area (Å²) in [7, 11) is -3.66. The molecule has 25 heavy (non-hydrogen) atoms. The summed E-state index contributed by atoms with van der Waals surface area (Å²) in [6.45, 7) is 6.13. The van der Waals surface area contributed by atoms with Gasteiger partial charge in [0.15, 0.2) is 0 Å². The van der Waals surface area contributed by atoms with Gasteiger partial charge in [-0.05, 0) is 42.3 Å². The predicted molar refractivity (Wildman–Crippen MR) is 103 cm³/mol. The first-order valence-electron chi connectivity index (χ1n) is 7.90. The largest absolute Gasteiger partial charge is 0.279 e. The molecule has 0 saturated carbocycles. The minimum atomic E-state index is -3.66. The van der Waals surface area contributed by atoms with Crippen molar-refractivity contribution in [1.29, 1.82) is 0 Å². The Labute approximate surface area is 148 Å². The van der Waals surface area contributed by atoms with E-state index in [1.807, 2.05) is 49.4 Å². The monoisotopic (exact) mass is 349 g/mol. The van der Waals surface area contributed by atoms with E-state index in [1.54, 1.807) is 36.4 Å². The van der Waals surface area contributed by atoms with Gasteiger partial charge in [0.05, 0.1) is 10.6 Å². The van der Waals surface area contributed by atoms with Gasteiger partial charge in [-0.25, -0.2) is 8.42 Å². The molecule has 0 aliphatic heterocycles. The number of rotatable bonds is 5. The zero-order valence-electron chi connectivity index (χ0n) is 13.9. The molecule has 0 amide bonds. The van der Waals surface area contributed by atoms with Gasteiger partial charge < -0.3 is 0 Å². The second-order valence-electron chi connectivity index (χ2n) is 5.81. The molecule has 3 aromatic rings. The minimum Gasteiger partial charge on any atom is -0.279 e. The number of aryl methyl sites for hydroxylation is 1. The fraction of sp³-hybridized carbons (Fsp3) is 0.0476. The van der Waals surface area contributed by atoms with E-state index >= 15 is 0 Å². The summed E-state index contributed by atoms with van der Waals surface area (Å²) in [6, 6.07) is 23.7. The Morgan fingerprint density at radius 1 is 0.880 bits per heavy atom. The molecule has 0 unspecified atom stereocenters. The molecule has 1 N–H and O–H groups in total. The van der Waals surface area contributed by atoms with Gasteiger partial charge in [-0.1, -0.05) is 66.7 Å². The highest BCUT2D eigenvalue weighted by Crippen LogP contribution is 2.30. The lowest BCUT2D eigenvalue weighted by Gasteiger charge is -2.15. The molecule has 0 aliphatic rings. The van der Waals surface area contributed by atoms with Crippen LogP contribution in [0.3, 0.4) is 0 Å². The summed E-state index contributed by atoms with van der Waals surface area (Å²) in [4.78, 5) is 0.229. The fourth-order valence-corrected chi connectivity index (χ4v) is 3.70. The molecule has 3 aromatic carbocycles. The molecule has 0 aliphatic carbocycles. The van der Waals surface area contributed by atoms with Crippen molar-refractivity contribution in [2.45, 2.75) is 11.8 Å². The number of nitrogens with one attached hydrogen (secondary N) is 1. The van der Waals surface area contributed by atoms with Crippen LogP contribution in [0.25, 0.3) is 5.57 Å². The maximum atomic E-state index is 12.7. The van der Waals surface area contributed by atoms with Crippen LogP contribution in [0, 0.1) is 6.92 Å². The quantitative estimate of drug-likeness (QED) is 0.715. The van der Waals surface area contributed by atoms with Crippen molar-refractivity contribution in [1.82, 2.24) is 0 Å². The molecule has 3 nitrogen and oxygen atoms in total. The summed E-state index contributed by atoms with van der Waals surface area (Å²) in [5, 5.41) is 0. The average Bonchev–Trinajstić information content (AvgIpc) is 2.64. The van der Waals surface area contributed by atoms with Crippen LogP contribution in [0.2, 0.25) is 0 Å². The number of hydrogen-bond acceptors (Lipinski definition) is 2. The highest BCUT2D eigenvalue weighted by atomic mass is 32.2. The van der Waals surface area contributed by atoms with E-state index in [4.69, 9.17) is 0 Å². The molecule has 0 saturated heterocycles. The van der Waals surface area contributed by atoms with E-state index in [2.05, 4.69) is 11.3 Å². The first kappa shape index (κ1) is 17.0. The van der Waals surface area contributed by atoms with Crippen molar-refractivity contribution >= 4 is 21.3 Å². The van der Waals surface area contributed by atoms with Gasteiger partial charge in [0.1, 0.15) is 0 Å². The Balaban J connectivity index is 2.02. The van der Waals surface area contributed by atoms with Gasteiger partial charge in [-0.3, -0.25) is 4.72 Å². The summed E-state index contributed by atoms with van der Waals surface area (Å²) in [5.74, 6) is 0. The molecule has 126 valence electrons. The normalized spacial score (nSPS) is 11.1. The molecule has 0 radical (unpaired) electrons. The first-order valence-corrected chi connectivity index (χ1v) is 9.39. The third-order valence-electron chi connectivity index (χ3n) is 3.92. The van der Waals surface area contributed by atoms with E-state index in [9.17, 15) is 8.42 Å². The maximum Gasteiger partial charge on any atom is 0.261 e. The van der Waals surface area contributed by atoms with E-state index in [0.717, 1.165) is 22.3 Å². The van der Waals surface area contributed by atoms with Crippen molar-refractivity contribution in [2.24, 2.45) is 0 Å². The van der Waals surface area contributed by atoms with Crippen LogP contribution in [-0.2, 0) is 10.0 Å². The molecule has 0 atom stereocenters. The molecule has 0 bridgehead atoms. The van der Waals surface area contributed by atoms with Crippen LogP contribution in [0.5, 0.6) is 0 Å². The van der Waals surface area contributed by atoms with Crippen LogP contribution in [-0.4, -0.2) is 8.42 Å². The van der Waals surface area contributed by atoms with Crippen molar-refractivity contribution in [3.63, 3.8) is 0 Å². The van der Waals surface area contributed by atoms with Crippen molar-refractivity contribution < 1.29 is 8.42 Å². The van der Waals surface area contributed by atoms with E-state index in [0.29, 0.717) is 5.69 Å². The maximum absolute atomic E-state index is 12.7. The first-order chi connectivity index (χ1) is 12.0. The van der Waals surface area contributed by atoms with Gasteiger partial charge >= 0.3 is 0 Å². The smallest absolute Gasteiger partial charge is 0.261 e. The standard InChI is InChI=1S/C21H19NO2S/c1-16-13-14-21(22-25(23,24)19-11-7-4-8-12-19)20(15-16)17(2)18-9-5-3-6-10-18/h3-15,22H,2H2,1H3. The molecule has 0 fully saturated rings. The molecule has 0 spiro atoms. The van der Waals surface area contributed by atoms with E-state index in [-0.39, 0.29) is 4.90 Å². The van der Waals surface area contributed by atoms with Gasteiger partial charge in [0.25, 0.3) is 10.0 Å². The molecule has 0 heterocycles. The highest BCUT2D eigenvalue weighted by molar-refractivity contribution is 7.92. The summed E-state index contributed by atoms with van der Waals surface area (Å²) in [5.41, 5.74) is 4.05. The second kappa shape index (κ2) is 6.95. The molecule has 3 rings (SSSR count). The zero-order chi connectivity index (χ0) is 17.9. The summed E-state index contributed by atoms with van der Waals surface area (Å²) >= 11 is 0. The zero-order valence-corrected chi connectivity index (χ0v) is 14.8. The number of anilines is 1. The van der Waals surface area contributed by atoms with Crippen molar-refractivity contribution in [3.05, 3.63) is 102 Å². The Hall–Kier alpha value is -2.85. The van der Waals surface area contributed by atoms with E-state index < -0.39 is 10.0 Å². The molecule has 4 heteroatoms.